The lowest BCUT2D eigenvalue weighted by atomic mass is 10.2. The predicted octanol–water partition coefficient (Wildman–Crippen LogP) is 3.45. The van der Waals surface area contributed by atoms with Gasteiger partial charge < -0.3 is 14.8 Å². The van der Waals surface area contributed by atoms with Crippen molar-refractivity contribution in [2.45, 2.75) is 13.0 Å². The SMILES string of the molecule is CN1CCN(Cc2ccc(Nc3ncc4ccn(-c5ccc(N6CCCS6(=O)=O)cc5)c4n3)cc2)CC1. The molecule has 2 aromatic carbocycles. The number of hydrogen-bond acceptors (Lipinski definition) is 7. The van der Waals surface area contributed by atoms with E-state index in [0.717, 1.165) is 55.1 Å². The molecule has 37 heavy (non-hydrogen) atoms. The van der Waals surface area contributed by atoms with E-state index in [-0.39, 0.29) is 5.75 Å². The van der Waals surface area contributed by atoms with E-state index in [1.807, 2.05) is 47.3 Å². The third-order valence-electron chi connectivity index (χ3n) is 7.15. The Bertz CT molecular complexity index is 1490. The highest BCUT2D eigenvalue weighted by Crippen LogP contribution is 2.27. The van der Waals surface area contributed by atoms with Crippen LogP contribution in [-0.4, -0.2) is 78.3 Å². The first-order chi connectivity index (χ1) is 17.9. The van der Waals surface area contributed by atoms with Crippen molar-refractivity contribution in [1.29, 1.82) is 0 Å². The lowest BCUT2D eigenvalue weighted by Gasteiger charge is -2.32. The van der Waals surface area contributed by atoms with Crippen molar-refractivity contribution >= 4 is 38.4 Å². The van der Waals surface area contributed by atoms with Gasteiger partial charge in [0.25, 0.3) is 0 Å². The van der Waals surface area contributed by atoms with E-state index in [4.69, 9.17) is 4.98 Å². The van der Waals surface area contributed by atoms with Crippen molar-refractivity contribution in [3.63, 3.8) is 0 Å². The Balaban J connectivity index is 1.17. The summed E-state index contributed by atoms with van der Waals surface area (Å²) in [5, 5.41) is 4.26. The molecule has 6 rings (SSSR count). The molecular formula is C27H31N7O2S. The third-order valence-corrected chi connectivity index (χ3v) is 9.02. The fourth-order valence-corrected chi connectivity index (χ4v) is 6.55. The second-order valence-electron chi connectivity index (χ2n) is 9.82. The molecule has 2 aliphatic heterocycles. The van der Waals surface area contributed by atoms with Crippen molar-refractivity contribution in [2.24, 2.45) is 0 Å². The zero-order valence-electron chi connectivity index (χ0n) is 20.9. The molecule has 2 aliphatic rings. The molecule has 0 radical (unpaired) electrons. The molecule has 10 heteroatoms. The maximum absolute atomic E-state index is 12.3. The van der Waals surface area contributed by atoms with Crippen LogP contribution < -0.4 is 9.62 Å². The Morgan fingerprint density at radius 1 is 0.892 bits per heavy atom. The van der Waals surface area contributed by atoms with Gasteiger partial charge in [-0.05, 0) is 61.5 Å². The van der Waals surface area contributed by atoms with Crippen LogP contribution in [0, 0.1) is 0 Å². The average Bonchev–Trinajstić information content (AvgIpc) is 3.49. The van der Waals surface area contributed by atoms with Gasteiger partial charge in [-0.15, -0.1) is 0 Å². The molecule has 9 nitrogen and oxygen atoms in total. The molecule has 0 bridgehead atoms. The molecule has 192 valence electrons. The number of sulfonamides is 1. The number of piperazine rings is 1. The monoisotopic (exact) mass is 517 g/mol. The maximum atomic E-state index is 12.3. The number of rotatable bonds is 6. The number of nitrogens with one attached hydrogen (secondary N) is 1. The van der Waals surface area contributed by atoms with Gasteiger partial charge in [-0.3, -0.25) is 9.21 Å². The molecule has 0 spiro atoms. The predicted molar refractivity (Wildman–Crippen MR) is 147 cm³/mol. The molecule has 4 heterocycles. The number of benzene rings is 2. The van der Waals surface area contributed by atoms with Gasteiger partial charge in [-0.2, -0.15) is 4.98 Å². The second kappa shape index (κ2) is 9.77. The Kier molecular flexibility index (Phi) is 6.31. The quantitative estimate of drug-likeness (QED) is 0.419. The topological polar surface area (TPSA) is 86.6 Å². The number of anilines is 3. The van der Waals surface area contributed by atoms with Gasteiger partial charge in [0.2, 0.25) is 16.0 Å². The van der Waals surface area contributed by atoms with E-state index in [0.29, 0.717) is 24.6 Å². The normalized spacial score (nSPS) is 18.5. The van der Waals surface area contributed by atoms with Crippen molar-refractivity contribution in [3.05, 3.63) is 72.6 Å². The van der Waals surface area contributed by atoms with Crippen LogP contribution in [0.15, 0.2) is 67.0 Å². The molecule has 0 saturated carbocycles. The third kappa shape index (κ3) is 5.04. The molecule has 0 aliphatic carbocycles. The molecule has 2 fully saturated rings. The summed E-state index contributed by atoms with van der Waals surface area (Å²) in [4.78, 5) is 14.1. The minimum absolute atomic E-state index is 0.211. The summed E-state index contributed by atoms with van der Waals surface area (Å²) in [5.74, 6) is 0.738. The van der Waals surface area contributed by atoms with E-state index in [2.05, 4.69) is 51.4 Å². The van der Waals surface area contributed by atoms with Gasteiger partial charge >= 0.3 is 0 Å². The lowest BCUT2D eigenvalue weighted by Crippen LogP contribution is -2.43. The number of nitrogens with zero attached hydrogens (tertiary/aromatic N) is 6. The highest BCUT2D eigenvalue weighted by atomic mass is 32.2. The number of hydrogen-bond donors (Lipinski definition) is 1. The largest absolute Gasteiger partial charge is 0.324 e. The molecule has 1 N–H and O–H groups in total. The summed E-state index contributed by atoms with van der Waals surface area (Å²) in [7, 11) is -1.02. The van der Waals surface area contributed by atoms with Crippen LogP contribution in [0.2, 0.25) is 0 Å². The minimum Gasteiger partial charge on any atom is -0.324 e. The Hall–Kier alpha value is -3.47. The van der Waals surface area contributed by atoms with Crippen LogP contribution in [0.1, 0.15) is 12.0 Å². The Morgan fingerprint density at radius 3 is 2.32 bits per heavy atom. The fraction of sp³-hybridized carbons (Fsp3) is 0.333. The molecular weight excluding hydrogens is 486 g/mol. The van der Waals surface area contributed by atoms with Crippen LogP contribution in [0.3, 0.4) is 0 Å². The fourth-order valence-electron chi connectivity index (χ4n) is 4.98. The van der Waals surface area contributed by atoms with Gasteiger partial charge in [-0.25, -0.2) is 13.4 Å². The van der Waals surface area contributed by atoms with Crippen LogP contribution in [-0.2, 0) is 16.6 Å². The van der Waals surface area contributed by atoms with E-state index >= 15 is 0 Å². The van der Waals surface area contributed by atoms with Gasteiger partial charge in [0.1, 0.15) is 5.65 Å². The summed E-state index contributed by atoms with van der Waals surface area (Å²) in [6.07, 6.45) is 4.43. The van der Waals surface area contributed by atoms with E-state index < -0.39 is 10.0 Å². The Labute approximate surface area is 217 Å². The van der Waals surface area contributed by atoms with Crippen molar-refractivity contribution in [1.82, 2.24) is 24.3 Å². The van der Waals surface area contributed by atoms with Gasteiger partial charge in [0, 0.05) is 68.4 Å². The molecule has 4 aromatic rings. The van der Waals surface area contributed by atoms with E-state index in [1.165, 1.54) is 9.87 Å². The smallest absolute Gasteiger partial charge is 0.235 e. The van der Waals surface area contributed by atoms with Gasteiger partial charge in [0.05, 0.1) is 11.4 Å². The summed E-state index contributed by atoms with van der Waals surface area (Å²) >= 11 is 0. The Morgan fingerprint density at radius 2 is 1.62 bits per heavy atom. The first kappa shape index (κ1) is 23.9. The van der Waals surface area contributed by atoms with Crippen LogP contribution >= 0.6 is 0 Å². The number of likely N-dealkylation sites (N-methyl/N-ethyl adjacent to an activating group) is 1. The van der Waals surface area contributed by atoms with Crippen molar-refractivity contribution in [2.75, 3.05) is 55.1 Å². The van der Waals surface area contributed by atoms with Gasteiger partial charge in [-0.1, -0.05) is 12.1 Å². The minimum atomic E-state index is -3.20. The lowest BCUT2D eigenvalue weighted by molar-refractivity contribution is 0.148. The van der Waals surface area contributed by atoms with Crippen molar-refractivity contribution < 1.29 is 8.42 Å². The molecule has 2 saturated heterocycles. The van der Waals surface area contributed by atoms with Crippen LogP contribution in [0.5, 0.6) is 0 Å². The van der Waals surface area contributed by atoms with Crippen LogP contribution in [0.25, 0.3) is 16.7 Å². The van der Waals surface area contributed by atoms with Crippen LogP contribution in [0.4, 0.5) is 17.3 Å². The molecule has 0 amide bonds. The molecule has 0 unspecified atom stereocenters. The summed E-state index contributed by atoms with van der Waals surface area (Å²) in [6.45, 7) is 5.94. The molecule has 2 aromatic heterocycles. The second-order valence-corrected chi connectivity index (χ2v) is 11.8. The number of aromatic nitrogens is 3. The zero-order chi connectivity index (χ0) is 25.4. The number of fused-ring (bicyclic) bond motifs is 1. The van der Waals surface area contributed by atoms with E-state index in [1.54, 1.807) is 0 Å². The first-order valence-electron chi connectivity index (χ1n) is 12.7. The van der Waals surface area contributed by atoms with E-state index in [9.17, 15) is 8.42 Å². The van der Waals surface area contributed by atoms with Crippen molar-refractivity contribution in [3.8, 4) is 5.69 Å². The summed E-state index contributed by atoms with van der Waals surface area (Å²) < 4.78 is 28.0. The molecule has 0 atom stereocenters. The summed E-state index contributed by atoms with van der Waals surface area (Å²) in [5.41, 5.74) is 4.63. The highest BCUT2D eigenvalue weighted by molar-refractivity contribution is 7.93. The standard InChI is InChI=1S/C27H31N7O2S/c1-31-14-16-32(17-15-31)20-21-3-5-23(6-4-21)29-27-28-19-22-11-13-33(26(22)30-27)24-7-9-25(10-8-24)34-12-2-18-37(34,35)36/h3-11,13,19H,2,12,14-18,20H2,1H3,(H,28,29,30). The zero-order valence-corrected chi connectivity index (χ0v) is 21.7. The summed E-state index contributed by atoms with van der Waals surface area (Å²) in [6, 6.07) is 18.0. The first-order valence-corrected chi connectivity index (χ1v) is 14.3. The maximum Gasteiger partial charge on any atom is 0.235 e. The highest BCUT2D eigenvalue weighted by Gasteiger charge is 2.28. The average molecular weight is 518 g/mol. The van der Waals surface area contributed by atoms with Gasteiger partial charge in [0.15, 0.2) is 0 Å².